The van der Waals surface area contributed by atoms with E-state index in [4.69, 9.17) is 10.5 Å². The Balaban J connectivity index is 2.78. The second-order valence-electron chi connectivity index (χ2n) is 8.54. The minimum atomic E-state index is -0.707. The van der Waals surface area contributed by atoms with E-state index in [1.807, 2.05) is 0 Å². The largest absolute Gasteiger partial charge is 0.416 e. The number of hydrogen-bond acceptors (Lipinski definition) is 8. The first-order valence-electron chi connectivity index (χ1n) is 10.3. The summed E-state index contributed by atoms with van der Waals surface area (Å²) in [6.07, 6.45) is 2.06. The summed E-state index contributed by atoms with van der Waals surface area (Å²) in [6, 6.07) is 0. The highest BCUT2D eigenvalue weighted by atomic mass is 16.6. The lowest BCUT2D eigenvalue weighted by atomic mass is 10.3. The Morgan fingerprint density at radius 3 is 1.57 bits per heavy atom. The summed E-state index contributed by atoms with van der Waals surface area (Å²) in [6.45, 7) is 7.41. The van der Waals surface area contributed by atoms with Crippen molar-refractivity contribution in [2.45, 2.75) is 25.6 Å². The van der Waals surface area contributed by atoms with Gasteiger partial charge >= 0.3 is 6.09 Å². The molecule has 1 fully saturated rings. The van der Waals surface area contributed by atoms with Gasteiger partial charge in [-0.15, -0.1) is 0 Å². The second kappa shape index (κ2) is 13.3. The average molecular weight is 402 g/mol. The maximum atomic E-state index is 11.6. The molecule has 1 amide bonds. The van der Waals surface area contributed by atoms with Crippen LogP contribution in [0.15, 0.2) is 0 Å². The molecule has 1 aliphatic rings. The quantitative estimate of drug-likeness (QED) is 0.464. The van der Waals surface area contributed by atoms with Gasteiger partial charge in [-0.2, -0.15) is 0 Å². The van der Waals surface area contributed by atoms with Gasteiger partial charge in [0.05, 0.1) is 13.3 Å². The van der Waals surface area contributed by atoms with Crippen LogP contribution in [-0.2, 0) is 4.74 Å². The van der Waals surface area contributed by atoms with Crippen LogP contribution in [-0.4, -0.2) is 137 Å². The molecule has 0 aromatic heterocycles. The lowest BCUT2D eigenvalue weighted by Gasteiger charge is -2.47. The van der Waals surface area contributed by atoms with E-state index in [0.29, 0.717) is 0 Å². The molecule has 1 aliphatic heterocycles. The van der Waals surface area contributed by atoms with E-state index in [1.54, 1.807) is 0 Å². The zero-order valence-corrected chi connectivity index (χ0v) is 18.9. The number of carbonyl (C=O) groups excluding carboxylic acids is 1. The Morgan fingerprint density at radius 1 is 0.821 bits per heavy atom. The monoisotopic (exact) mass is 401 g/mol. The number of nitrogens with two attached hydrogens (primary N) is 1. The minimum absolute atomic E-state index is 0.382. The van der Waals surface area contributed by atoms with Crippen LogP contribution >= 0.6 is 0 Å². The van der Waals surface area contributed by atoms with Gasteiger partial charge in [-0.05, 0) is 81.2 Å². The Hall–Kier alpha value is -0.970. The molecule has 0 atom stereocenters. The normalized spacial score (nSPS) is 17.9. The SMILES string of the molecule is CN(C)CCCN1CN(CCCN(C)C)C(OC(N)=O)N(CCCN(C)C)C1. The minimum Gasteiger partial charge on any atom is -0.416 e. The summed E-state index contributed by atoms with van der Waals surface area (Å²) in [4.78, 5) is 25.1. The van der Waals surface area contributed by atoms with Crippen LogP contribution in [0.3, 0.4) is 0 Å². The van der Waals surface area contributed by atoms with Crippen molar-refractivity contribution in [1.29, 1.82) is 0 Å². The van der Waals surface area contributed by atoms with Crippen molar-refractivity contribution < 1.29 is 9.53 Å². The highest BCUT2D eigenvalue weighted by molar-refractivity contribution is 5.64. The zero-order chi connectivity index (χ0) is 21.1. The maximum Gasteiger partial charge on any atom is 0.407 e. The van der Waals surface area contributed by atoms with Gasteiger partial charge in [0.1, 0.15) is 0 Å². The van der Waals surface area contributed by atoms with Crippen molar-refractivity contribution in [3.63, 3.8) is 0 Å². The van der Waals surface area contributed by atoms with Gasteiger partial charge in [0, 0.05) is 19.6 Å². The van der Waals surface area contributed by atoms with Crippen molar-refractivity contribution in [3.05, 3.63) is 0 Å². The molecule has 9 nitrogen and oxygen atoms in total. The molecule has 1 saturated heterocycles. The van der Waals surface area contributed by atoms with Crippen LogP contribution in [0.25, 0.3) is 0 Å². The number of primary amides is 1. The molecule has 0 saturated carbocycles. The number of hydrogen-bond donors (Lipinski definition) is 1. The molecule has 0 spiro atoms. The number of rotatable bonds is 13. The third kappa shape index (κ3) is 10.5. The first-order chi connectivity index (χ1) is 13.2. The lowest BCUT2D eigenvalue weighted by molar-refractivity contribution is -0.184. The Kier molecular flexibility index (Phi) is 11.9. The van der Waals surface area contributed by atoms with E-state index < -0.39 is 6.09 Å². The fraction of sp³-hybridized carbons (Fsp3) is 0.947. The van der Waals surface area contributed by atoms with Crippen LogP contribution in [0.4, 0.5) is 4.79 Å². The zero-order valence-electron chi connectivity index (χ0n) is 18.9. The van der Waals surface area contributed by atoms with Crippen LogP contribution in [0.2, 0.25) is 0 Å². The molecule has 0 unspecified atom stereocenters. The number of ether oxygens (including phenoxy) is 1. The number of carbonyl (C=O) groups is 1. The third-order valence-corrected chi connectivity index (χ3v) is 4.79. The molecule has 2 N–H and O–H groups in total. The standard InChI is InChI=1S/C19H43N7O2/c1-21(2)10-7-13-24-16-25(14-8-11-22(3)4)19(28-18(20)27)26(17-24)15-9-12-23(5)6/h19H,7-17H2,1-6H3,(H2,20,27). The Labute approximate surface area is 171 Å². The van der Waals surface area contributed by atoms with Gasteiger partial charge < -0.3 is 25.2 Å². The second-order valence-corrected chi connectivity index (χ2v) is 8.54. The molecule has 28 heavy (non-hydrogen) atoms. The lowest BCUT2D eigenvalue weighted by Crippen LogP contribution is -2.63. The summed E-state index contributed by atoms with van der Waals surface area (Å²) in [7, 11) is 12.5. The fourth-order valence-electron chi connectivity index (χ4n) is 3.48. The summed E-state index contributed by atoms with van der Waals surface area (Å²) < 4.78 is 5.55. The van der Waals surface area contributed by atoms with Gasteiger partial charge in [-0.1, -0.05) is 0 Å². The van der Waals surface area contributed by atoms with E-state index >= 15 is 0 Å². The first-order valence-corrected chi connectivity index (χ1v) is 10.3. The summed E-state index contributed by atoms with van der Waals surface area (Å²) in [5, 5.41) is 0. The summed E-state index contributed by atoms with van der Waals surface area (Å²) >= 11 is 0. The molecule has 0 bridgehead atoms. The van der Waals surface area contributed by atoms with Gasteiger partial charge in [0.25, 0.3) is 0 Å². The third-order valence-electron chi connectivity index (χ3n) is 4.79. The molecule has 0 radical (unpaired) electrons. The molecular formula is C19H43N7O2. The maximum absolute atomic E-state index is 11.6. The average Bonchev–Trinajstić information content (AvgIpc) is 2.56. The van der Waals surface area contributed by atoms with E-state index in [9.17, 15) is 4.79 Å². The molecular weight excluding hydrogens is 358 g/mol. The van der Waals surface area contributed by atoms with Crippen LogP contribution in [0.1, 0.15) is 19.3 Å². The van der Waals surface area contributed by atoms with Crippen molar-refractivity contribution in [2.24, 2.45) is 5.73 Å². The van der Waals surface area contributed by atoms with Gasteiger partial charge in [-0.3, -0.25) is 4.90 Å². The van der Waals surface area contributed by atoms with E-state index in [2.05, 4.69) is 71.7 Å². The van der Waals surface area contributed by atoms with E-state index in [1.165, 1.54) is 0 Å². The van der Waals surface area contributed by atoms with Gasteiger partial charge in [0.2, 0.25) is 6.35 Å². The molecule has 0 aromatic carbocycles. The highest BCUT2D eigenvalue weighted by Gasteiger charge is 2.34. The summed E-state index contributed by atoms with van der Waals surface area (Å²) in [5.74, 6) is 0. The Morgan fingerprint density at radius 2 is 1.21 bits per heavy atom. The predicted octanol–water partition coefficient (Wildman–Crippen LogP) is 0.0550. The topological polar surface area (TPSA) is 71.8 Å². The number of nitrogens with zero attached hydrogens (tertiary/aromatic N) is 6. The van der Waals surface area contributed by atoms with E-state index in [-0.39, 0.29) is 6.35 Å². The van der Waals surface area contributed by atoms with E-state index in [0.717, 1.165) is 71.9 Å². The first kappa shape index (κ1) is 25.1. The van der Waals surface area contributed by atoms with Crippen molar-refractivity contribution in [1.82, 2.24) is 29.4 Å². The van der Waals surface area contributed by atoms with Crippen LogP contribution < -0.4 is 5.73 Å². The smallest absolute Gasteiger partial charge is 0.407 e. The fourth-order valence-corrected chi connectivity index (χ4v) is 3.48. The predicted molar refractivity (Wildman–Crippen MR) is 114 cm³/mol. The highest BCUT2D eigenvalue weighted by Crippen LogP contribution is 2.18. The molecule has 166 valence electrons. The van der Waals surface area contributed by atoms with Crippen molar-refractivity contribution in [2.75, 3.05) is 94.9 Å². The van der Waals surface area contributed by atoms with Crippen LogP contribution in [0.5, 0.6) is 0 Å². The van der Waals surface area contributed by atoms with Crippen molar-refractivity contribution >= 4 is 6.09 Å². The summed E-state index contributed by atoms with van der Waals surface area (Å²) in [5.41, 5.74) is 5.40. The molecule has 1 heterocycles. The molecule has 1 rings (SSSR count). The van der Waals surface area contributed by atoms with Gasteiger partial charge in [-0.25, -0.2) is 14.6 Å². The van der Waals surface area contributed by atoms with Crippen molar-refractivity contribution in [3.8, 4) is 0 Å². The number of amides is 1. The van der Waals surface area contributed by atoms with Gasteiger partial charge in [0.15, 0.2) is 0 Å². The molecule has 9 heteroatoms. The molecule has 0 aliphatic carbocycles. The van der Waals surface area contributed by atoms with Crippen LogP contribution in [0, 0.1) is 0 Å². The Bertz CT molecular complexity index is 411. The molecule has 0 aromatic rings.